The zero-order valence-corrected chi connectivity index (χ0v) is 18.6. The molecule has 1 saturated heterocycles. The number of carbonyl (C=O) groups is 1. The van der Waals surface area contributed by atoms with Gasteiger partial charge >= 0.3 is 6.09 Å². The van der Waals surface area contributed by atoms with Crippen LogP contribution < -0.4 is 5.32 Å². The number of non-ortho nitro benzene ring substituents is 1. The van der Waals surface area contributed by atoms with E-state index in [4.69, 9.17) is 4.74 Å². The van der Waals surface area contributed by atoms with Crippen molar-refractivity contribution in [3.63, 3.8) is 0 Å². The van der Waals surface area contributed by atoms with Gasteiger partial charge in [-0.15, -0.1) is 11.8 Å². The summed E-state index contributed by atoms with van der Waals surface area (Å²) in [5.41, 5.74) is 1.56. The molecule has 1 amide bonds. The Morgan fingerprint density at radius 3 is 2.31 bits per heavy atom. The first-order valence-corrected chi connectivity index (χ1v) is 11.0. The van der Waals surface area contributed by atoms with Crippen LogP contribution in [0.15, 0.2) is 29.7 Å². The Bertz CT molecular complexity index is 735. The van der Waals surface area contributed by atoms with Gasteiger partial charge in [-0.25, -0.2) is 4.79 Å². The fourth-order valence-electron chi connectivity index (χ4n) is 3.22. The van der Waals surface area contributed by atoms with Crippen LogP contribution in [0, 0.1) is 16.0 Å². The van der Waals surface area contributed by atoms with Crippen LogP contribution in [-0.2, 0) is 4.74 Å². The molecule has 1 unspecified atom stereocenters. The lowest BCUT2D eigenvalue weighted by molar-refractivity contribution is -0.384. The van der Waals surface area contributed by atoms with E-state index in [1.54, 1.807) is 28.8 Å². The first-order chi connectivity index (χ1) is 13.7. The highest BCUT2D eigenvalue weighted by molar-refractivity contribution is 8.03. The Morgan fingerprint density at radius 2 is 1.79 bits per heavy atom. The highest BCUT2D eigenvalue weighted by Gasteiger charge is 2.32. The third-order valence-electron chi connectivity index (χ3n) is 4.64. The standard InChI is InChI=1S/C19H25N3O4S.C2H6/c1-19(2,3)26-18(23)21-10-8-14(9-11-21)17-20-16(12-27-17)13-4-6-15(7-5-13)22(24)25;1-2/h4-7,12,14,17,20H,8-11H2,1-3H3;1-2H3. The van der Waals surface area contributed by atoms with Crippen LogP contribution in [0.3, 0.4) is 0 Å². The number of thioether (sulfide) groups is 1. The van der Waals surface area contributed by atoms with Crippen LogP contribution in [0.5, 0.6) is 0 Å². The molecule has 0 spiro atoms. The Morgan fingerprint density at radius 1 is 1.21 bits per heavy atom. The molecule has 29 heavy (non-hydrogen) atoms. The van der Waals surface area contributed by atoms with Crippen LogP contribution in [0.2, 0.25) is 0 Å². The fraction of sp³-hybridized carbons (Fsp3) is 0.571. The highest BCUT2D eigenvalue weighted by atomic mass is 32.2. The van der Waals surface area contributed by atoms with Gasteiger partial charge in [0.05, 0.1) is 10.3 Å². The number of nitro benzene ring substituents is 1. The molecule has 1 fully saturated rings. The average molecular weight is 422 g/mol. The minimum atomic E-state index is -0.472. The summed E-state index contributed by atoms with van der Waals surface area (Å²) in [6, 6.07) is 6.58. The third-order valence-corrected chi connectivity index (χ3v) is 5.81. The Hall–Kier alpha value is -2.22. The number of rotatable bonds is 3. The van der Waals surface area contributed by atoms with Gasteiger partial charge in [-0.05, 0) is 62.6 Å². The van der Waals surface area contributed by atoms with Gasteiger partial charge < -0.3 is 15.0 Å². The fourth-order valence-corrected chi connectivity index (χ4v) is 4.39. The van der Waals surface area contributed by atoms with Gasteiger partial charge in [0.15, 0.2) is 0 Å². The number of hydrogen-bond acceptors (Lipinski definition) is 6. The van der Waals surface area contributed by atoms with Crippen LogP contribution in [0.1, 0.15) is 53.0 Å². The Balaban J connectivity index is 0.00000145. The molecule has 2 aliphatic heterocycles. The van der Waals surface area contributed by atoms with E-state index in [0.29, 0.717) is 19.0 Å². The summed E-state index contributed by atoms with van der Waals surface area (Å²) in [4.78, 5) is 24.3. The van der Waals surface area contributed by atoms with Crippen molar-refractivity contribution in [2.45, 2.75) is 58.4 Å². The molecule has 1 aromatic rings. The summed E-state index contributed by atoms with van der Waals surface area (Å²) in [6.07, 6.45) is 1.61. The van der Waals surface area contributed by atoms with Gasteiger partial charge in [0.2, 0.25) is 0 Å². The number of piperidine rings is 1. The third kappa shape index (κ3) is 6.39. The van der Waals surface area contributed by atoms with E-state index in [2.05, 4.69) is 10.7 Å². The minimum Gasteiger partial charge on any atom is -0.444 e. The predicted octanol–water partition coefficient (Wildman–Crippen LogP) is 5.23. The molecule has 3 rings (SSSR count). The van der Waals surface area contributed by atoms with Crippen LogP contribution >= 0.6 is 11.8 Å². The van der Waals surface area contributed by atoms with Crippen LogP contribution in [0.4, 0.5) is 10.5 Å². The maximum absolute atomic E-state index is 12.2. The maximum Gasteiger partial charge on any atom is 0.410 e. The van der Waals surface area contributed by atoms with E-state index in [9.17, 15) is 14.9 Å². The monoisotopic (exact) mass is 421 g/mol. The predicted molar refractivity (Wildman–Crippen MR) is 117 cm³/mol. The van der Waals surface area contributed by atoms with Crippen molar-refractivity contribution in [1.29, 1.82) is 0 Å². The topological polar surface area (TPSA) is 84.7 Å². The Labute approximate surface area is 177 Å². The van der Waals surface area contributed by atoms with Crippen molar-refractivity contribution in [3.05, 3.63) is 45.4 Å². The summed E-state index contributed by atoms with van der Waals surface area (Å²) < 4.78 is 5.45. The smallest absolute Gasteiger partial charge is 0.410 e. The van der Waals surface area contributed by atoms with E-state index in [1.807, 2.05) is 34.6 Å². The van der Waals surface area contributed by atoms with E-state index in [0.717, 1.165) is 24.1 Å². The minimum absolute atomic E-state index is 0.0936. The first-order valence-electron chi connectivity index (χ1n) is 10.1. The molecule has 1 N–H and O–H groups in total. The summed E-state index contributed by atoms with van der Waals surface area (Å²) >= 11 is 1.74. The molecule has 1 atom stereocenters. The molecule has 2 heterocycles. The molecule has 7 nitrogen and oxygen atoms in total. The lowest BCUT2D eigenvalue weighted by Gasteiger charge is -2.35. The van der Waals surface area contributed by atoms with Gasteiger partial charge in [0.25, 0.3) is 5.69 Å². The number of hydrogen-bond donors (Lipinski definition) is 1. The molecule has 8 heteroatoms. The van der Waals surface area contributed by atoms with E-state index in [1.165, 1.54) is 12.1 Å². The van der Waals surface area contributed by atoms with Crippen molar-refractivity contribution in [2.24, 2.45) is 5.92 Å². The van der Waals surface area contributed by atoms with Gasteiger partial charge in [0.1, 0.15) is 5.60 Å². The molecular weight excluding hydrogens is 390 g/mol. The number of benzene rings is 1. The summed E-state index contributed by atoms with van der Waals surface area (Å²) in [5.74, 6) is 0.459. The average Bonchev–Trinajstić information content (AvgIpc) is 3.18. The van der Waals surface area contributed by atoms with Gasteiger partial charge in [-0.2, -0.15) is 0 Å². The normalized spacial score (nSPS) is 19.6. The molecule has 0 aromatic heterocycles. The number of carbonyl (C=O) groups excluding carboxylic acids is 1. The quantitative estimate of drug-likeness (QED) is 0.531. The molecule has 0 bridgehead atoms. The first kappa shape index (κ1) is 23.1. The van der Waals surface area contributed by atoms with Crippen LogP contribution in [0.25, 0.3) is 5.70 Å². The van der Waals surface area contributed by atoms with E-state index in [-0.39, 0.29) is 17.2 Å². The number of likely N-dealkylation sites (tertiary alicyclic amines) is 1. The van der Waals surface area contributed by atoms with Crippen molar-refractivity contribution in [2.75, 3.05) is 13.1 Å². The molecular formula is C21H31N3O4S. The molecule has 160 valence electrons. The van der Waals surface area contributed by atoms with Gasteiger partial charge in [-0.3, -0.25) is 10.1 Å². The molecule has 0 aliphatic carbocycles. The molecule has 0 radical (unpaired) electrons. The largest absolute Gasteiger partial charge is 0.444 e. The lowest BCUT2D eigenvalue weighted by atomic mass is 9.96. The van der Waals surface area contributed by atoms with Crippen LogP contribution in [-0.4, -0.2) is 40.0 Å². The zero-order chi connectivity index (χ0) is 21.6. The van der Waals surface area contributed by atoms with E-state index >= 15 is 0 Å². The number of nitro groups is 1. The second kappa shape index (κ2) is 10.0. The van der Waals surface area contributed by atoms with Crippen molar-refractivity contribution in [1.82, 2.24) is 10.2 Å². The SMILES string of the molecule is CC.CC(C)(C)OC(=O)N1CCC(C2NC(c3ccc([N+](=O)[O-])cc3)=CS2)CC1. The lowest BCUT2D eigenvalue weighted by Crippen LogP contribution is -2.44. The molecule has 0 saturated carbocycles. The van der Waals surface area contributed by atoms with E-state index < -0.39 is 10.5 Å². The molecule has 2 aliphatic rings. The molecule has 1 aromatic carbocycles. The summed E-state index contributed by atoms with van der Waals surface area (Å²) in [5, 5.41) is 16.6. The zero-order valence-electron chi connectivity index (χ0n) is 17.8. The number of nitrogens with zero attached hydrogens (tertiary/aromatic N) is 2. The van der Waals surface area contributed by atoms with Gasteiger partial charge in [-0.1, -0.05) is 13.8 Å². The summed E-state index contributed by atoms with van der Waals surface area (Å²) in [6.45, 7) is 11.0. The second-order valence-corrected chi connectivity index (χ2v) is 8.86. The number of amides is 1. The van der Waals surface area contributed by atoms with Gasteiger partial charge in [0, 0.05) is 30.9 Å². The Kier molecular flexibility index (Phi) is 7.96. The number of nitrogens with one attached hydrogen (secondary N) is 1. The van der Waals surface area contributed by atoms with Crippen molar-refractivity contribution in [3.8, 4) is 0 Å². The van der Waals surface area contributed by atoms with Crippen molar-refractivity contribution >= 4 is 29.2 Å². The summed E-state index contributed by atoms with van der Waals surface area (Å²) in [7, 11) is 0. The van der Waals surface area contributed by atoms with Crippen molar-refractivity contribution < 1.29 is 14.5 Å². The maximum atomic E-state index is 12.2. The second-order valence-electron chi connectivity index (χ2n) is 7.84. The highest BCUT2D eigenvalue weighted by Crippen LogP contribution is 2.36. The number of ether oxygens (including phenoxy) is 1.